The Kier molecular flexibility index (Phi) is 5.39. The molecule has 11 heteroatoms. The van der Waals surface area contributed by atoms with E-state index in [0.717, 1.165) is 12.1 Å². The number of amides is 1. The van der Waals surface area contributed by atoms with E-state index >= 15 is 0 Å². The van der Waals surface area contributed by atoms with Gasteiger partial charge in [0, 0.05) is 29.0 Å². The van der Waals surface area contributed by atoms with E-state index in [1.807, 2.05) is 0 Å². The van der Waals surface area contributed by atoms with Crippen molar-refractivity contribution in [1.29, 1.82) is 5.26 Å². The molecule has 0 atom stereocenters. The number of aromatic amines is 2. The van der Waals surface area contributed by atoms with Crippen LogP contribution in [0.5, 0.6) is 0 Å². The fourth-order valence-electron chi connectivity index (χ4n) is 3.77. The van der Waals surface area contributed by atoms with Gasteiger partial charge in [-0.25, -0.2) is 23.7 Å². The van der Waals surface area contributed by atoms with E-state index < -0.39 is 23.2 Å². The average molecular weight is 471 g/mol. The summed E-state index contributed by atoms with van der Waals surface area (Å²) in [6, 6.07) is 15.2. The highest BCUT2D eigenvalue weighted by Gasteiger charge is 2.20. The van der Waals surface area contributed by atoms with Gasteiger partial charge in [0.25, 0.3) is 5.91 Å². The molecule has 0 fully saturated rings. The standard InChI is InChI=1S/C24H15F2N7O2/c25-14-5-6-16(18(26)10-14)15-3-1-2-4-17(15)22-19(11-27)33-8-7-13(9-21(33)30-22)23(34)28-12-20-29-24(35)32-31-20/h1-10H,12H2,(H,28,34)(H2,29,31,32,35). The summed E-state index contributed by atoms with van der Waals surface area (Å²) in [6.07, 6.45) is 1.54. The second-order valence-electron chi connectivity index (χ2n) is 7.54. The molecule has 3 heterocycles. The fraction of sp³-hybridized carbons (Fsp3) is 0.0417. The summed E-state index contributed by atoms with van der Waals surface area (Å²) < 4.78 is 29.5. The van der Waals surface area contributed by atoms with Crippen LogP contribution < -0.4 is 11.0 Å². The van der Waals surface area contributed by atoms with Gasteiger partial charge in [0.2, 0.25) is 0 Å². The summed E-state index contributed by atoms with van der Waals surface area (Å²) in [5.74, 6) is -1.60. The van der Waals surface area contributed by atoms with Gasteiger partial charge >= 0.3 is 5.69 Å². The van der Waals surface area contributed by atoms with Crippen LogP contribution in [0.1, 0.15) is 21.9 Å². The maximum Gasteiger partial charge on any atom is 0.340 e. The zero-order valence-corrected chi connectivity index (χ0v) is 17.8. The predicted octanol–water partition coefficient (Wildman–Crippen LogP) is 3.16. The van der Waals surface area contributed by atoms with E-state index in [2.05, 4.69) is 31.6 Å². The van der Waals surface area contributed by atoms with Crippen LogP contribution in [0.2, 0.25) is 0 Å². The number of benzene rings is 2. The van der Waals surface area contributed by atoms with Crippen LogP contribution in [0.25, 0.3) is 28.0 Å². The quantitative estimate of drug-likeness (QED) is 0.362. The summed E-state index contributed by atoms with van der Waals surface area (Å²) in [5.41, 5.74) is 1.68. The summed E-state index contributed by atoms with van der Waals surface area (Å²) in [5, 5.41) is 18.4. The number of nitriles is 1. The Balaban J connectivity index is 1.54. The highest BCUT2D eigenvalue weighted by molar-refractivity contribution is 5.95. The van der Waals surface area contributed by atoms with E-state index in [0.29, 0.717) is 22.5 Å². The molecule has 5 aromatic rings. The van der Waals surface area contributed by atoms with E-state index in [1.54, 1.807) is 24.3 Å². The number of hydrogen-bond donors (Lipinski definition) is 3. The van der Waals surface area contributed by atoms with Crippen LogP contribution >= 0.6 is 0 Å². The maximum atomic E-state index is 14.6. The molecule has 1 amide bonds. The van der Waals surface area contributed by atoms with Crippen molar-refractivity contribution < 1.29 is 13.6 Å². The first-order valence-corrected chi connectivity index (χ1v) is 10.3. The van der Waals surface area contributed by atoms with Crippen LogP contribution in [-0.2, 0) is 6.54 Å². The van der Waals surface area contributed by atoms with E-state index in [4.69, 9.17) is 0 Å². The number of hydrogen-bond acceptors (Lipinski definition) is 5. The van der Waals surface area contributed by atoms with Crippen molar-refractivity contribution in [2.75, 3.05) is 0 Å². The molecule has 0 saturated carbocycles. The minimum atomic E-state index is -0.739. The van der Waals surface area contributed by atoms with E-state index in [1.165, 1.54) is 28.8 Å². The van der Waals surface area contributed by atoms with Gasteiger partial charge in [-0.2, -0.15) is 10.4 Å². The Morgan fingerprint density at radius 3 is 2.60 bits per heavy atom. The minimum Gasteiger partial charge on any atom is -0.345 e. The zero-order chi connectivity index (χ0) is 24.5. The zero-order valence-electron chi connectivity index (χ0n) is 17.8. The molecule has 5 rings (SSSR count). The Morgan fingerprint density at radius 1 is 1.09 bits per heavy atom. The van der Waals surface area contributed by atoms with Gasteiger partial charge < -0.3 is 5.32 Å². The van der Waals surface area contributed by atoms with Crippen molar-refractivity contribution in [2.24, 2.45) is 0 Å². The Morgan fingerprint density at radius 2 is 1.89 bits per heavy atom. The number of rotatable bonds is 5. The number of pyridine rings is 1. The minimum absolute atomic E-state index is 0.00248. The van der Waals surface area contributed by atoms with Crippen LogP contribution in [0.15, 0.2) is 65.6 Å². The Bertz CT molecular complexity index is 1690. The molecule has 0 aliphatic heterocycles. The van der Waals surface area contributed by atoms with Crippen LogP contribution in [0, 0.1) is 23.0 Å². The molecular weight excluding hydrogens is 456 g/mol. The largest absolute Gasteiger partial charge is 0.345 e. The molecule has 0 aliphatic carbocycles. The van der Waals surface area contributed by atoms with Gasteiger partial charge in [-0.1, -0.05) is 24.3 Å². The monoisotopic (exact) mass is 471 g/mol. The number of imidazole rings is 1. The van der Waals surface area contributed by atoms with Crippen molar-refractivity contribution >= 4 is 11.6 Å². The topological polar surface area (TPSA) is 132 Å². The molecule has 0 radical (unpaired) electrons. The number of fused-ring (bicyclic) bond motifs is 1. The second kappa shape index (κ2) is 8.68. The normalized spacial score (nSPS) is 10.9. The summed E-state index contributed by atoms with van der Waals surface area (Å²) >= 11 is 0. The predicted molar refractivity (Wildman–Crippen MR) is 121 cm³/mol. The molecule has 0 spiro atoms. The van der Waals surface area contributed by atoms with Crippen LogP contribution in [0.3, 0.4) is 0 Å². The van der Waals surface area contributed by atoms with E-state index in [9.17, 15) is 23.6 Å². The second-order valence-corrected chi connectivity index (χ2v) is 7.54. The first-order chi connectivity index (χ1) is 16.9. The van der Waals surface area contributed by atoms with Crippen molar-refractivity contribution in [3.63, 3.8) is 0 Å². The molecule has 0 saturated heterocycles. The molecule has 3 aromatic heterocycles. The molecule has 9 nitrogen and oxygen atoms in total. The molecule has 3 N–H and O–H groups in total. The summed E-state index contributed by atoms with van der Waals surface area (Å²) in [7, 11) is 0. The average Bonchev–Trinajstić information content (AvgIpc) is 3.44. The van der Waals surface area contributed by atoms with Gasteiger partial charge in [-0.3, -0.25) is 14.2 Å². The van der Waals surface area contributed by atoms with Crippen molar-refractivity contribution in [3.8, 4) is 28.5 Å². The third-order valence-electron chi connectivity index (χ3n) is 5.36. The molecule has 35 heavy (non-hydrogen) atoms. The molecular formula is C24H15F2N7O2. The lowest BCUT2D eigenvalue weighted by Gasteiger charge is -2.09. The Labute approximate surface area is 195 Å². The van der Waals surface area contributed by atoms with Gasteiger partial charge in [0.15, 0.2) is 5.69 Å². The number of nitrogens with zero attached hydrogens (tertiary/aromatic N) is 4. The lowest BCUT2D eigenvalue weighted by atomic mass is 9.96. The highest BCUT2D eigenvalue weighted by atomic mass is 19.1. The number of carbonyl (C=O) groups is 1. The van der Waals surface area contributed by atoms with Crippen molar-refractivity contribution in [3.05, 3.63) is 100.0 Å². The molecule has 0 aliphatic rings. The van der Waals surface area contributed by atoms with Crippen LogP contribution in [0.4, 0.5) is 8.78 Å². The summed E-state index contributed by atoms with van der Waals surface area (Å²) in [4.78, 5) is 30.7. The lowest BCUT2D eigenvalue weighted by molar-refractivity contribution is 0.0950. The van der Waals surface area contributed by atoms with Crippen molar-refractivity contribution in [1.82, 2.24) is 29.9 Å². The third kappa shape index (κ3) is 4.04. The first kappa shape index (κ1) is 21.7. The Hall–Kier alpha value is -5.11. The highest BCUT2D eigenvalue weighted by Crippen LogP contribution is 2.35. The number of H-pyrrole nitrogens is 2. The van der Waals surface area contributed by atoms with Gasteiger partial charge in [0.1, 0.15) is 34.9 Å². The number of nitrogens with one attached hydrogen (secondary N) is 3. The number of aromatic nitrogens is 5. The van der Waals surface area contributed by atoms with Crippen molar-refractivity contribution in [2.45, 2.75) is 6.54 Å². The molecule has 2 aromatic carbocycles. The molecule has 172 valence electrons. The van der Waals surface area contributed by atoms with E-state index in [-0.39, 0.29) is 29.2 Å². The van der Waals surface area contributed by atoms with Gasteiger partial charge in [-0.15, -0.1) is 0 Å². The van der Waals surface area contributed by atoms with Gasteiger partial charge in [0.05, 0.1) is 6.54 Å². The SMILES string of the molecule is N#Cc1c(-c2ccccc2-c2ccc(F)cc2F)nc2cc(C(=O)NCc3n[nH]c(=O)[nH]3)ccn12. The van der Waals surface area contributed by atoms with Gasteiger partial charge in [-0.05, 0) is 29.8 Å². The molecule has 0 bridgehead atoms. The van der Waals surface area contributed by atoms with Crippen LogP contribution in [-0.4, -0.2) is 30.5 Å². The first-order valence-electron chi connectivity index (χ1n) is 10.3. The number of halogens is 2. The smallest absolute Gasteiger partial charge is 0.340 e. The molecule has 0 unspecified atom stereocenters. The lowest BCUT2D eigenvalue weighted by Crippen LogP contribution is -2.23. The number of carbonyl (C=O) groups excluding carboxylic acids is 1. The maximum absolute atomic E-state index is 14.6. The fourth-order valence-corrected chi connectivity index (χ4v) is 3.77. The third-order valence-corrected chi connectivity index (χ3v) is 5.36. The summed E-state index contributed by atoms with van der Waals surface area (Å²) in [6.45, 7) is 0.00248.